The van der Waals surface area contributed by atoms with Crippen molar-refractivity contribution in [3.63, 3.8) is 0 Å². The molecule has 0 radical (unpaired) electrons. The summed E-state index contributed by atoms with van der Waals surface area (Å²) in [6.07, 6.45) is 5.72. The second kappa shape index (κ2) is 5.38. The van der Waals surface area contributed by atoms with Crippen molar-refractivity contribution in [3.05, 3.63) is 22.8 Å². The average Bonchev–Trinajstić information content (AvgIpc) is 2.26. The number of aromatic nitrogens is 1. The third kappa shape index (κ3) is 2.88. The topological polar surface area (TPSA) is 53.4 Å². The van der Waals surface area contributed by atoms with Gasteiger partial charge in [0, 0.05) is 20.0 Å². The Bertz CT molecular complexity index is 440. The molecule has 1 aromatic rings. The van der Waals surface area contributed by atoms with E-state index in [1.807, 2.05) is 0 Å². The molecule has 84 valence electrons. The van der Waals surface area contributed by atoms with Crippen LogP contribution in [0.1, 0.15) is 16.9 Å². The first-order chi connectivity index (χ1) is 7.56. The maximum atomic E-state index is 10.8. The standard InChI is InChI=1S/C11H11ClN2O2/c1-3-4-7-14(2)9-6-5-8(12)10(13-9)11(15)16/h1,5-6H,4,7H2,2H3,(H,15,16). The molecular formula is C11H11ClN2O2. The minimum Gasteiger partial charge on any atom is -0.476 e. The summed E-state index contributed by atoms with van der Waals surface area (Å²) < 4.78 is 0. The van der Waals surface area contributed by atoms with Crippen molar-refractivity contribution in [3.8, 4) is 12.3 Å². The molecule has 0 aliphatic carbocycles. The van der Waals surface area contributed by atoms with E-state index < -0.39 is 5.97 Å². The van der Waals surface area contributed by atoms with Gasteiger partial charge in [-0.1, -0.05) is 11.6 Å². The summed E-state index contributed by atoms with van der Waals surface area (Å²) in [6, 6.07) is 3.17. The first-order valence-corrected chi connectivity index (χ1v) is 4.98. The van der Waals surface area contributed by atoms with Gasteiger partial charge in [-0.05, 0) is 12.1 Å². The molecule has 1 N–H and O–H groups in total. The molecule has 0 aliphatic rings. The number of terminal acetylenes is 1. The van der Waals surface area contributed by atoms with Gasteiger partial charge < -0.3 is 10.0 Å². The normalized spacial score (nSPS) is 9.56. The van der Waals surface area contributed by atoms with Crippen molar-refractivity contribution < 1.29 is 9.90 Å². The van der Waals surface area contributed by atoms with E-state index in [1.165, 1.54) is 6.07 Å². The molecule has 0 bridgehead atoms. The van der Waals surface area contributed by atoms with Crippen molar-refractivity contribution in [1.82, 2.24) is 4.98 Å². The smallest absolute Gasteiger partial charge is 0.356 e. The highest BCUT2D eigenvalue weighted by Gasteiger charge is 2.12. The summed E-state index contributed by atoms with van der Waals surface area (Å²) in [6.45, 7) is 0.615. The number of hydrogen-bond donors (Lipinski definition) is 1. The Morgan fingerprint density at radius 1 is 1.69 bits per heavy atom. The van der Waals surface area contributed by atoms with E-state index in [2.05, 4.69) is 10.9 Å². The van der Waals surface area contributed by atoms with E-state index in [4.69, 9.17) is 23.1 Å². The van der Waals surface area contributed by atoms with Crippen molar-refractivity contribution >= 4 is 23.4 Å². The van der Waals surface area contributed by atoms with E-state index in [9.17, 15) is 4.79 Å². The van der Waals surface area contributed by atoms with Crippen LogP contribution in [0, 0.1) is 12.3 Å². The van der Waals surface area contributed by atoms with Crippen LogP contribution in [-0.2, 0) is 0 Å². The molecule has 1 aromatic heterocycles. The molecule has 0 saturated carbocycles. The maximum Gasteiger partial charge on any atom is 0.356 e. The number of hydrogen-bond acceptors (Lipinski definition) is 3. The van der Waals surface area contributed by atoms with Crippen molar-refractivity contribution in [2.75, 3.05) is 18.5 Å². The first-order valence-electron chi connectivity index (χ1n) is 4.60. The summed E-state index contributed by atoms with van der Waals surface area (Å²) in [5, 5.41) is 8.98. The van der Waals surface area contributed by atoms with Crippen LogP contribution in [-0.4, -0.2) is 29.7 Å². The maximum absolute atomic E-state index is 10.8. The molecule has 0 atom stereocenters. The fraction of sp³-hybridized carbons (Fsp3) is 0.273. The molecule has 0 unspecified atom stereocenters. The van der Waals surface area contributed by atoms with Crippen LogP contribution in [0.3, 0.4) is 0 Å². The van der Waals surface area contributed by atoms with Crippen LogP contribution in [0.4, 0.5) is 5.82 Å². The van der Waals surface area contributed by atoms with Crippen molar-refractivity contribution in [1.29, 1.82) is 0 Å². The minimum absolute atomic E-state index is 0.126. The van der Waals surface area contributed by atoms with Gasteiger partial charge >= 0.3 is 5.97 Å². The minimum atomic E-state index is -1.14. The van der Waals surface area contributed by atoms with Gasteiger partial charge in [-0.25, -0.2) is 9.78 Å². The summed E-state index contributed by atoms with van der Waals surface area (Å²) in [5.74, 6) is 1.90. The number of aromatic carboxylic acids is 1. The number of carbonyl (C=O) groups is 1. The second-order valence-electron chi connectivity index (χ2n) is 3.18. The number of carboxylic acids is 1. The lowest BCUT2D eigenvalue weighted by atomic mass is 10.3. The largest absolute Gasteiger partial charge is 0.476 e. The monoisotopic (exact) mass is 238 g/mol. The van der Waals surface area contributed by atoms with Gasteiger partial charge in [0.2, 0.25) is 0 Å². The lowest BCUT2D eigenvalue weighted by Gasteiger charge is -2.17. The number of nitrogens with zero attached hydrogens (tertiary/aromatic N) is 2. The van der Waals surface area contributed by atoms with Gasteiger partial charge in [0.15, 0.2) is 5.69 Å². The van der Waals surface area contributed by atoms with E-state index >= 15 is 0 Å². The molecule has 5 heteroatoms. The molecular weight excluding hydrogens is 228 g/mol. The lowest BCUT2D eigenvalue weighted by molar-refractivity contribution is 0.0691. The quantitative estimate of drug-likeness (QED) is 0.814. The number of rotatable bonds is 4. The van der Waals surface area contributed by atoms with Crippen LogP contribution in [0.25, 0.3) is 0 Å². The molecule has 16 heavy (non-hydrogen) atoms. The fourth-order valence-corrected chi connectivity index (χ4v) is 1.33. The zero-order valence-electron chi connectivity index (χ0n) is 8.77. The molecule has 0 amide bonds. The molecule has 0 saturated heterocycles. The SMILES string of the molecule is C#CCCN(C)c1ccc(Cl)c(C(=O)O)n1. The Morgan fingerprint density at radius 2 is 2.38 bits per heavy atom. The Labute approximate surface area is 98.9 Å². The van der Waals surface area contributed by atoms with Gasteiger partial charge in [0.25, 0.3) is 0 Å². The van der Waals surface area contributed by atoms with Crippen LogP contribution < -0.4 is 4.90 Å². The lowest BCUT2D eigenvalue weighted by Crippen LogP contribution is -2.20. The Hall–Kier alpha value is -1.73. The Morgan fingerprint density at radius 3 is 2.94 bits per heavy atom. The van der Waals surface area contributed by atoms with Gasteiger partial charge in [-0.2, -0.15) is 0 Å². The highest BCUT2D eigenvalue weighted by atomic mass is 35.5. The molecule has 4 nitrogen and oxygen atoms in total. The Kier molecular flexibility index (Phi) is 4.15. The predicted octanol–water partition coefficient (Wildman–Crippen LogP) is 1.89. The zero-order valence-corrected chi connectivity index (χ0v) is 9.53. The van der Waals surface area contributed by atoms with Crippen LogP contribution in [0.15, 0.2) is 12.1 Å². The zero-order chi connectivity index (χ0) is 12.1. The first kappa shape index (κ1) is 12.3. The van der Waals surface area contributed by atoms with Crippen molar-refractivity contribution in [2.45, 2.75) is 6.42 Å². The molecule has 0 spiro atoms. The highest BCUT2D eigenvalue weighted by Crippen LogP contribution is 2.18. The van der Waals surface area contributed by atoms with Crippen LogP contribution in [0.5, 0.6) is 0 Å². The summed E-state index contributed by atoms with van der Waals surface area (Å²) in [7, 11) is 1.79. The summed E-state index contributed by atoms with van der Waals surface area (Å²) in [5.41, 5.74) is -0.147. The summed E-state index contributed by atoms with van der Waals surface area (Å²) in [4.78, 5) is 16.5. The summed E-state index contributed by atoms with van der Waals surface area (Å²) >= 11 is 5.71. The van der Waals surface area contributed by atoms with E-state index in [0.29, 0.717) is 18.8 Å². The van der Waals surface area contributed by atoms with E-state index in [0.717, 1.165) is 0 Å². The predicted molar refractivity (Wildman–Crippen MR) is 62.9 cm³/mol. The molecule has 0 fully saturated rings. The second-order valence-corrected chi connectivity index (χ2v) is 3.59. The van der Waals surface area contributed by atoms with Gasteiger partial charge in [-0.15, -0.1) is 12.3 Å². The van der Waals surface area contributed by atoms with E-state index in [1.54, 1.807) is 18.0 Å². The number of carboxylic acid groups (broad SMARTS) is 1. The third-order valence-corrected chi connectivity index (χ3v) is 2.32. The van der Waals surface area contributed by atoms with Crippen LogP contribution >= 0.6 is 11.6 Å². The van der Waals surface area contributed by atoms with Gasteiger partial charge in [0.1, 0.15) is 5.82 Å². The Balaban J connectivity index is 2.94. The number of pyridine rings is 1. The molecule has 0 aromatic carbocycles. The molecule has 1 heterocycles. The molecule has 1 rings (SSSR count). The number of anilines is 1. The average molecular weight is 239 g/mol. The van der Waals surface area contributed by atoms with Gasteiger partial charge in [-0.3, -0.25) is 0 Å². The van der Waals surface area contributed by atoms with E-state index in [-0.39, 0.29) is 10.7 Å². The third-order valence-electron chi connectivity index (χ3n) is 2.02. The fourth-order valence-electron chi connectivity index (χ4n) is 1.14. The van der Waals surface area contributed by atoms with Crippen LogP contribution in [0.2, 0.25) is 5.02 Å². The molecule has 0 aliphatic heterocycles. The van der Waals surface area contributed by atoms with Crippen molar-refractivity contribution in [2.24, 2.45) is 0 Å². The van der Waals surface area contributed by atoms with Gasteiger partial charge in [0.05, 0.1) is 5.02 Å². The highest BCUT2D eigenvalue weighted by molar-refractivity contribution is 6.33. The number of halogens is 1.